The molecule has 1 aromatic rings. The summed E-state index contributed by atoms with van der Waals surface area (Å²) in [4.78, 5) is 35.6. The van der Waals surface area contributed by atoms with E-state index in [1.165, 1.54) is 0 Å². The minimum absolute atomic E-state index is 0.122. The molecule has 3 aliphatic rings. The fourth-order valence-corrected chi connectivity index (χ4v) is 4.34. The fourth-order valence-electron chi connectivity index (χ4n) is 3.79. The van der Waals surface area contributed by atoms with Gasteiger partial charge in [-0.25, -0.2) is 4.98 Å². The van der Waals surface area contributed by atoms with Crippen molar-refractivity contribution in [1.29, 1.82) is 0 Å². The normalized spacial score (nSPS) is 26.0. The lowest BCUT2D eigenvalue weighted by Crippen LogP contribution is -2.40. The van der Waals surface area contributed by atoms with Gasteiger partial charge in [0.2, 0.25) is 11.8 Å². The summed E-state index contributed by atoms with van der Waals surface area (Å²) < 4.78 is 0. The Kier molecular flexibility index (Phi) is 4.54. The average molecular weight is 348 g/mol. The molecule has 3 fully saturated rings. The van der Waals surface area contributed by atoms with Crippen molar-refractivity contribution in [2.75, 3.05) is 32.7 Å². The first-order chi connectivity index (χ1) is 11.7. The molecule has 3 heterocycles. The molecule has 7 heteroatoms. The summed E-state index contributed by atoms with van der Waals surface area (Å²) in [5, 5.41) is 2.09. The van der Waals surface area contributed by atoms with E-state index in [1.807, 2.05) is 15.3 Å². The zero-order valence-corrected chi connectivity index (χ0v) is 14.7. The molecule has 2 aliphatic heterocycles. The van der Waals surface area contributed by atoms with Crippen LogP contribution < -0.4 is 0 Å². The van der Waals surface area contributed by atoms with E-state index in [0.29, 0.717) is 19.0 Å². The van der Waals surface area contributed by atoms with Crippen molar-refractivity contribution in [1.82, 2.24) is 19.7 Å². The number of nitrogens with zero attached hydrogens (tertiary/aromatic N) is 4. The van der Waals surface area contributed by atoms with Crippen LogP contribution in [0.1, 0.15) is 31.4 Å². The number of hydrogen-bond donors (Lipinski definition) is 0. The quantitative estimate of drug-likeness (QED) is 0.820. The molecule has 130 valence electrons. The Labute approximate surface area is 146 Å². The highest BCUT2D eigenvalue weighted by Crippen LogP contribution is 2.33. The standard InChI is InChI=1S/C17H24N4O2S/c22-16-8-13(9-21(16)15-2-3-15)17(23)20-5-1-4-19(6-7-20)10-14-11-24-12-18-14/h11-13,15H,1-10H2/t13-/m1/s1. The SMILES string of the molecule is O=C([C@@H]1CC(=O)N(C2CC2)C1)N1CCCN(Cc2cscn2)CC1. The molecule has 1 aliphatic carbocycles. The van der Waals surface area contributed by atoms with Gasteiger partial charge in [0.25, 0.3) is 0 Å². The van der Waals surface area contributed by atoms with Gasteiger partial charge in [0.15, 0.2) is 0 Å². The third kappa shape index (κ3) is 3.47. The van der Waals surface area contributed by atoms with Crippen LogP contribution in [0.2, 0.25) is 0 Å². The third-order valence-corrected chi connectivity index (χ3v) is 5.90. The van der Waals surface area contributed by atoms with E-state index in [9.17, 15) is 9.59 Å². The van der Waals surface area contributed by atoms with E-state index >= 15 is 0 Å². The Morgan fingerprint density at radius 2 is 2.12 bits per heavy atom. The summed E-state index contributed by atoms with van der Waals surface area (Å²) in [6.45, 7) is 4.96. The number of likely N-dealkylation sites (tertiary alicyclic amines) is 1. The number of carbonyl (C=O) groups is 2. The monoisotopic (exact) mass is 348 g/mol. The van der Waals surface area contributed by atoms with Crippen LogP contribution in [0.4, 0.5) is 0 Å². The molecule has 0 radical (unpaired) electrons. The van der Waals surface area contributed by atoms with Crippen LogP contribution in [-0.4, -0.2) is 70.3 Å². The van der Waals surface area contributed by atoms with E-state index < -0.39 is 0 Å². The molecular formula is C17H24N4O2S. The molecule has 2 saturated heterocycles. The second-order valence-corrected chi connectivity index (χ2v) is 7.83. The Hall–Kier alpha value is -1.47. The highest BCUT2D eigenvalue weighted by atomic mass is 32.1. The van der Waals surface area contributed by atoms with Crippen molar-refractivity contribution < 1.29 is 9.59 Å². The molecule has 0 aromatic carbocycles. The van der Waals surface area contributed by atoms with Gasteiger partial charge in [0.1, 0.15) is 0 Å². The summed E-state index contributed by atoms with van der Waals surface area (Å²) in [7, 11) is 0. The first kappa shape index (κ1) is 16.0. The summed E-state index contributed by atoms with van der Waals surface area (Å²) in [6.07, 6.45) is 3.63. The van der Waals surface area contributed by atoms with E-state index in [-0.39, 0.29) is 17.7 Å². The first-order valence-corrected chi connectivity index (χ1v) is 9.82. The first-order valence-electron chi connectivity index (χ1n) is 8.88. The van der Waals surface area contributed by atoms with Crippen molar-refractivity contribution in [2.45, 2.75) is 38.3 Å². The van der Waals surface area contributed by atoms with Crippen molar-refractivity contribution in [2.24, 2.45) is 5.92 Å². The molecule has 24 heavy (non-hydrogen) atoms. The molecular weight excluding hydrogens is 324 g/mol. The average Bonchev–Trinajstić information content (AvgIpc) is 3.23. The Morgan fingerprint density at radius 3 is 2.88 bits per heavy atom. The smallest absolute Gasteiger partial charge is 0.228 e. The number of rotatable bonds is 4. The molecule has 0 N–H and O–H groups in total. The summed E-state index contributed by atoms with van der Waals surface area (Å²) >= 11 is 1.62. The fraction of sp³-hybridized carbons (Fsp3) is 0.706. The summed E-state index contributed by atoms with van der Waals surface area (Å²) in [6, 6.07) is 0.424. The maximum absolute atomic E-state index is 12.8. The zero-order valence-electron chi connectivity index (χ0n) is 13.9. The Morgan fingerprint density at radius 1 is 1.25 bits per heavy atom. The number of thiazole rings is 1. The van der Waals surface area contributed by atoms with Gasteiger partial charge in [-0.05, 0) is 19.3 Å². The van der Waals surface area contributed by atoms with Gasteiger partial charge >= 0.3 is 0 Å². The third-order valence-electron chi connectivity index (χ3n) is 5.26. The summed E-state index contributed by atoms with van der Waals surface area (Å²) in [5.74, 6) is 0.237. The van der Waals surface area contributed by atoms with Crippen molar-refractivity contribution in [3.8, 4) is 0 Å². The van der Waals surface area contributed by atoms with Crippen LogP contribution in [0.3, 0.4) is 0 Å². The topological polar surface area (TPSA) is 56.8 Å². The van der Waals surface area contributed by atoms with Gasteiger partial charge in [-0.3, -0.25) is 14.5 Å². The maximum Gasteiger partial charge on any atom is 0.228 e. The number of amides is 2. The molecule has 0 spiro atoms. The number of aromatic nitrogens is 1. The summed E-state index contributed by atoms with van der Waals surface area (Å²) in [5.41, 5.74) is 2.98. The molecule has 0 unspecified atom stereocenters. The second-order valence-electron chi connectivity index (χ2n) is 7.11. The maximum atomic E-state index is 12.8. The highest BCUT2D eigenvalue weighted by Gasteiger charge is 2.42. The minimum Gasteiger partial charge on any atom is -0.341 e. The number of hydrogen-bond acceptors (Lipinski definition) is 5. The van der Waals surface area contributed by atoms with E-state index in [1.54, 1.807) is 11.3 Å². The van der Waals surface area contributed by atoms with Crippen molar-refractivity contribution in [3.05, 3.63) is 16.6 Å². The van der Waals surface area contributed by atoms with Crippen LogP contribution in [0, 0.1) is 5.92 Å². The van der Waals surface area contributed by atoms with Crippen molar-refractivity contribution >= 4 is 23.2 Å². The van der Waals surface area contributed by atoms with Crippen molar-refractivity contribution in [3.63, 3.8) is 0 Å². The van der Waals surface area contributed by atoms with Gasteiger partial charge in [-0.2, -0.15) is 0 Å². The van der Waals surface area contributed by atoms with Crippen LogP contribution >= 0.6 is 11.3 Å². The Balaban J connectivity index is 1.31. The van der Waals surface area contributed by atoms with Crippen LogP contribution in [0.15, 0.2) is 10.9 Å². The van der Waals surface area contributed by atoms with E-state index in [0.717, 1.165) is 57.7 Å². The largest absolute Gasteiger partial charge is 0.341 e. The lowest BCUT2D eigenvalue weighted by Gasteiger charge is -2.24. The Bertz CT molecular complexity index is 602. The van der Waals surface area contributed by atoms with Crippen LogP contribution in [-0.2, 0) is 16.1 Å². The second kappa shape index (κ2) is 6.80. The minimum atomic E-state index is -0.122. The molecule has 1 saturated carbocycles. The molecule has 6 nitrogen and oxygen atoms in total. The molecule has 4 rings (SSSR count). The van der Waals surface area contributed by atoms with E-state index in [4.69, 9.17) is 0 Å². The predicted molar refractivity (Wildman–Crippen MR) is 91.4 cm³/mol. The zero-order chi connectivity index (χ0) is 16.5. The van der Waals surface area contributed by atoms with Gasteiger partial charge in [0.05, 0.1) is 17.1 Å². The van der Waals surface area contributed by atoms with Crippen LogP contribution in [0.25, 0.3) is 0 Å². The molecule has 1 aromatic heterocycles. The van der Waals surface area contributed by atoms with Gasteiger partial charge in [-0.15, -0.1) is 11.3 Å². The number of carbonyl (C=O) groups excluding carboxylic acids is 2. The predicted octanol–water partition coefficient (Wildman–Crippen LogP) is 1.19. The molecule has 1 atom stereocenters. The molecule has 0 bridgehead atoms. The van der Waals surface area contributed by atoms with E-state index in [2.05, 4.69) is 15.3 Å². The van der Waals surface area contributed by atoms with Crippen LogP contribution in [0.5, 0.6) is 0 Å². The lowest BCUT2D eigenvalue weighted by molar-refractivity contribution is -0.135. The van der Waals surface area contributed by atoms with Gasteiger partial charge in [-0.1, -0.05) is 0 Å². The highest BCUT2D eigenvalue weighted by molar-refractivity contribution is 7.07. The lowest BCUT2D eigenvalue weighted by atomic mass is 10.1. The van der Waals surface area contributed by atoms with Gasteiger partial charge < -0.3 is 9.80 Å². The molecule has 2 amide bonds. The van der Waals surface area contributed by atoms with Gasteiger partial charge in [0, 0.05) is 57.1 Å².